The number of fused-ring (bicyclic) bond motifs is 1. The van der Waals surface area contributed by atoms with Crippen molar-refractivity contribution >= 4 is 22.8 Å². The molecule has 1 aliphatic rings. The fraction of sp³-hybridized carbons (Fsp3) is 0.615. The highest BCUT2D eigenvalue weighted by atomic mass is 16.7. The first-order valence-electron chi connectivity index (χ1n) is 12.4. The van der Waals surface area contributed by atoms with Crippen LogP contribution in [0, 0.1) is 0 Å². The average Bonchev–Trinajstić information content (AvgIpc) is 3.23. The highest BCUT2D eigenvalue weighted by molar-refractivity contribution is 6.04. The maximum absolute atomic E-state index is 12.7. The Labute approximate surface area is 205 Å². The lowest BCUT2D eigenvalue weighted by Crippen LogP contribution is -2.49. The van der Waals surface area contributed by atoms with Crippen LogP contribution >= 0.6 is 0 Å². The minimum absolute atomic E-state index is 0.121. The quantitative estimate of drug-likeness (QED) is 0.245. The van der Waals surface area contributed by atoms with Gasteiger partial charge in [0.05, 0.1) is 30.3 Å². The predicted molar refractivity (Wildman–Crippen MR) is 129 cm³/mol. The number of carbonyl (C=O) groups is 2. The second-order valence-electron chi connectivity index (χ2n) is 9.39. The summed E-state index contributed by atoms with van der Waals surface area (Å²) in [6.07, 6.45) is 2.86. The van der Waals surface area contributed by atoms with Crippen molar-refractivity contribution in [1.82, 2.24) is 4.98 Å². The number of benzene rings is 1. The molecular weight excluding hydrogens is 454 g/mol. The second-order valence-corrected chi connectivity index (χ2v) is 9.39. The molecule has 3 rings (SSSR count). The van der Waals surface area contributed by atoms with Crippen LogP contribution < -0.4 is 0 Å². The molecule has 0 unspecified atom stereocenters. The van der Waals surface area contributed by atoms with Crippen molar-refractivity contribution < 1.29 is 39.1 Å². The van der Waals surface area contributed by atoms with Gasteiger partial charge < -0.3 is 34.5 Å². The summed E-state index contributed by atoms with van der Waals surface area (Å²) in [5.41, 5.74) is 1.30. The number of rotatable bonds is 13. The Balaban J connectivity index is 1.37. The maximum Gasteiger partial charge on any atom is 0.340 e. The summed E-state index contributed by atoms with van der Waals surface area (Å²) in [6, 6.07) is 7.49. The van der Waals surface area contributed by atoms with E-state index in [0.717, 1.165) is 43.0 Å². The van der Waals surface area contributed by atoms with E-state index in [1.165, 1.54) is 0 Å². The number of para-hydroxylation sites is 1. The summed E-state index contributed by atoms with van der Waals surface area (Å²) >= 11 is 0. The Morgan fingerprint density at radius 2 is 1.89 bits per heavy atom. The van der Waals surface area contributed by atoms with Crippen molar-refractivity contribution in [1.29, 1.82) is 0 Å². The van der Waals surface area contributed by atoms with Crippen molar-refractivity contribution in [3.8, 4) is 0 Å². The molecule has 0 spiro atoms. The number of H-pyrrole nitrogens is 1. The minimum Gasteiger partial charge on any atom is -0.481 e. The number of carboxylic acid groups (broad SMARTS) is 1. The van der Waals surface area contributed by atoms with Crippen LogP contribution in [0.3, 0.4) is 0 Å². The van der Waals surface area contributed by atoms with Gasteiger partial charge in [-0.15, -0.1) is 0 Å². The minimum atomic E-state index is -0.983. The third-order valence-corrected chi connectivity index (χ3v) is 6.40. The first-order chi connectivity index (χ1) is 16.7. The topological polar surface area (TPSA) is 138 Å². The van der Waals surface area contributed by atoms with Gasteiger partial charge >= 0.3 is 11.9 Å². The number of nitrogens with one attached hydrogen (secondary N) is 1. The molecule has 9 heteroatoms. The van der Waals surface area contributed by atoms with Gasteiger partial charge in [-0.25, -0.2) is 4.79 Å². The molecular formula is C26H37NO8. The van der Waals surface area contributed by atoms with E-state index < -0.39 is 42.6 Å². The van der Waals surface area contributed by atoms with Gasteiger partial charge in [-0.2, -0.15) is 0 Å². The third kappa shape index (κ3) is 8.03. The van der Waals surface area contributed by atoms with E-state index in [4.69, 9.17) is 19.3 Å². The molecule has 0 bridgehead atoms. The molecule has 4 N–H and O–H groups in total. The van der Waals surface area contributed by atoms with Crippen molar-refractivity contribution in [2.75, 3.05) is 0 Å². The van der Waals surface area contributed by atoms with E-state index in [0.29, 0.717) is 12.0 Å². The number of unbranched alkanes of at least 4 members (excludes halogenated alkanes) is 3. The number of ether oxygens (including phenoxy) is 3. The summed E-state index contributed by atoms with van der Waals surface area (Å²) in [5.74, 6) is -1.44. The Morgan fingerprint density at radius 3 is 2.63 bits per heavy atom. The normalized spacial score (nSPS) is 24.2. The smallest absolute Gasteiger partial charge is 0.340 e. The second kappa shape index (κ2) is 13.0. The molecule has 9 nitrogen and oxygen atoms in total. The summed E-state index contributed by atoms with van der Waals surface area (Å²) in [6.45, 7) is 3.74. The van der Waals surface area contributed by atoms with Crippen LogP contribution in [0.4, 0.5) is 0 Å². The standard InChI is InChI=1S/C26H37NO8/c1-16(9-5-3-4-6-10-18(28)13-24(30)31)33-26-22(29)14-23(17(2)34-26)35-25(32)20-15-27-21-12-8-7-11-19(20)21/h7-8,11-12,15-18,22-23,26-29H,3-6,9-10,13-14H2,1-2H3,(H,30,31)/t16-,17+,18-,22-,23-,26-/m1/s1. The van der Waals surface area contributed by atoms with Crippen molar-refractivity contribution in [2.45, 2.75) is 102 Å². The van der Waals surface area contributed by atoms with Crippen molar-refractivity contribution in [3.63, 3.8) is 0 Å². The summed E-state index contributed by atoms with van der Waals surface area (Å²) in [7, 11) is 0. The number of carboxylic acids is 1. The van der Waals surface area contributed by atoms with Gasteiger partial charge in [-0.05, 0) is 32.8 Å². The summed E-state index contributed by atoms with van der Waals surface area (Å²) in [4.78, 5) is 26.3. The Bertz CT molecular complexity index is 960. The Hall–Kier alpha value is -2.46. The first kappa shape index (κ1) is 27.1. The number of aliphatic carboxylic acids is 1. The van der Waals surface area contributed by atoms with Gasteiger partial charge in [0, 0.05) is 23.5 Å². The fourth-order valence-electron chi connectivity index (χ4n) is 4.40. The predicted octanol–water partition coefficient (Wildman–Crippen LogP) is 3.77. The van der Waals surface area contributed by atoms with Gasteiger partial charge in [0.1, 0.15) is 12.2 Å². The molecule has 0 radical (unpaired) electrons. The van der Waals surface area contributed by atoms with Crippen LogP contribution in [-0.4, -0.2) is 69.1 Å². The highest BCUT2D eigenvalue weighted by Gasteiger charge is 2.38. The Kier molecular flexibility index (Phi) is 10.1. The van der Waals surface area contributed by atoms with Gasteiger partial charge in [-0.3, -0.25) is 4.79 Å². The number of aliphatic hydroxyl groups is 2. The zero-order chi connectivity index (χ0) is 25.4. The number of aromatic amines is 1. The first-order valence-corrected chi connectivity index (χ1v) is 12.4. The summed E-state index contributed by atoms with van der Waals surface area (Å²) < 4.78 is 17.5. The number of aliphatic hydroxyl groups excluding tert-OH is 2. The van der Waals surface area contributed by atoms with Gasteiger partial charge in [0.2, 0.25) is 0 Å². The number of hydrogen-bond acceptors (Lipinski definition) is 7. The van der Waals surface area contributed by atoms with Crippen LogP contribution in [-0.2, 0) is 19.0 Å². The number of esters is 1. The zero-order valence-corrected chi connectivity index (χ0v) is 20.4. The third-order valence-electron chi connectivity index (χ3n) is 6.40. The molecule has 0 aliphatic carbocycles. The highest BCUT2D eigenvalue weighted by Crippen LogP contribution is 2.27. The molecule has 1 aromatic carbocycles. The van der Waals surface area contributed by atoms with Crippen LogP contribution in [0.15, 0.2) is 30.5 Å². The average molecular weight is 492 g/mol. The van der Waals surface area contributed by atoms with E-state index in [-0.39, 0.29) is 18.9 Å². The lowest BCUT2D eigenvalue weighted by molar-refractivity contribution is -0.273. The molecule has 6 atom stereocenters. The number of aromatic nitrogens is 1. The molecule has 35 heavy (non-hydrogen) atoms. The molecule has 194 valence electrons. The van der Waals surface area contributed by atoms with Gasteiger partial charge in [0.25, 0.3) is 0 Å². The lowest BCUT2D eigenvalue weighted by Gasteiger charge is -2.38. The van der Waals surface area contributed by atoms with E-state index in [9.17, 15) is 19.8 Å². The maximum atomic E-state index is 12.7. The van der Waals surface area contributed by atoms with Gasteiger partial charge in [-0.1, -0.05) is 43.9 Å². The summed E-state index contributed by atoms with van der Waals surface area (Å²) in [5, 5.41) is 29.6. The van der Waals surface area contributed by atoms with Crippen molar-refractivity contribution in [2.24, 2.45) is 0 Å². The number of carbonyl (C=O) groups excluding carboxylic acids is 1. The fourth-order valence-corrected chi connectivity index (χ4v) is 4.40. The van der Waals surface area contributed by atoms with E-state index in [2.05, 4.69) is 4.98 Å². The molecule has 1 fully saturated rings. The number of hydrogen-bond donors (Lipinski definition) is 4. The van der Waals surface area contributed by atoms with E-state index in [1.807, 2.05) is 31.2 Å². The van der Waals surface area contributed by atoms with Gasteiger partial charge in [0.15, 0.2) is 6.29 Å². The van der Waals surface area contributed by atoms with Crippen molar-refractivity contribution in [3.05, 3.63) is 36.0 Å². The van der Waals surface area contributed by atoms with Crippen LogP contribution in [0.1, 0.15) is 75.6 Å². The van der Waals surface area contributed by atoms with Crippen LogP contribution in [0.2, 0.25) is 0 Å². The van der Waals surface area contributed by atoms with Crippen LogP contribution in [0.5, 0.6) is 0 Å². The molecule has 0 saturated carbocycles. The largest absolute Gasteiger partial charge is 0.481 e. The van der Waals surface area contributed by atoms with Crippen LogP contribution in [0.25, 0.3) is 10.9 Å². The molecule has 1 aromatic heterocycles. The van der Waals surface area contributed by atoms with E-state index >= 15 is 0 Å². The Morgan fingerprint density at radius 1 is 1.17 bits per heavy atom. The molecule has 2 aromatic rings. The SMILES string of the molecule is C[C@H](CCCCCC[C@@H](O)CC(=O)O)O[C@@H]1O[C@@H](C)[C@H](OC(=O)c2c[nH]c3ccccc23)C[C@H]1O. The molecule has 0 amide bonds. The lowest BCUT2D eigenvalue weighted by atomic mass is 10.0. The van der Waals surface area contributed by atoms with E-state index in [1.54, 1.807) is 13.1 Å². The molecule has 1 aliphatic heterocycles. The molecule has 1 saturated heterocycles. The zero-order valence-electron chi connectivity index (χ0n) is 20.4. The molecule has 2 heterocycles. The monoisotopic (exact) mass is 491 g/mol.